The first-order chi connectivity index (χ1) is 14.5. The zero-order chi connectivity index (χ0) is 24.7. The van der Waals surface area contributed by atoms with E-state index in [0.29, 0.717) is 0 Å². The molecule has 1 aromatic carbocycles. The summed E-state index contributed by atoms with van der Waals surface area (Å²) in [6, 6.07) is 8.69. The Morgan fingerprint density at radius 2 is 1.41 bits per heavy atom. The van der Waals surface area contributed by atoms with Crippen molar-refractivity contribution in [3.05, 3.63) is 35.9 Å². The van der Waals surface area contributed by atoms with E-state index in [1.54, 1.807) is 0 Å². The van der Waals surface area contributed by atoms with Gasteiger partial charge in [0, 0.05) is 0 Å². The van der Waals surface area contributed by atoms with E-state index >= 15 is 0 Å². The topological polar surface area (TPSA) is 85.9 Å². The summed E-state index contributed by atoms with van der Waals surface area (Å²) in [6.45, 7) is 20.1. The third-order valence-corrected chi connectivity index (χ3v) is 10.00. The Balaban J connectivity index is 2.90. The van der Waals surface area contributed by atoms with Gasteiger partial charge in [0.25, 0.3) is 0 Å². The van der Waals surface area contributed by atoms with E-state index in [9.17, 15) is 9.59 Å². The second-order valence-corrected chi connectivity index (χ2v) is 15.5. The Morgan fingerprint density at radius 1 is 0.906 bits per heavy atom. The molecule has 2 amide bonds. The predicted molar refractivity (Wildman–Crippen MR) is 130 cm³/mol. The lowest BCUT2D eigenvalue weighted by molar-refractivity contribution is 0.0414. The SMILES string of the molecule is C[C@H](NC(=O)OCc1ccccc1)[C@H](O[Si](C)(C)C(C)(C)C)[C@H](C)NC(=O)OC(C)(C)C. The second kappa shape index (κ2) is 11.2. The number of alkyl carbamates (subject to hydrolysis) is 2. The third-order valence-electron chi connectivity index (χ3n) is 5.53. The highest BCUT2D eigenvalue weighted by Gasteiger charge is 2.42. The molecule has 0 fully saturated rings. The summed E-state index contributed by atoms with van der Waals surface area (Å²) in [5, 5.41) is 5.70. The van der Waals surface area contributed by atoms with Crippen LogP contribution < -0.4 is 10.6 Å². The van der Waals surface area contributed by atoms with Gasteiger partial charge >= 0.3 is 12.2 Å². The molecule has 2 N–H and O–H groups in total. The average molecular weight is 467 g/mol. The number of carbonyl (C=O) groups excluding carboxylic acids is 2. The van der Waals surface area contributed by atoms with Crippen molar-refractivity contribution in [1.29, 1.82) is 0 Å². The van der Waals surface area contributed by atoms with Gasteiger partial charge in [-0.1, -0.05) is 51.1 Å². The van der Waals surface area contributed by atoms with E-state index in [4.69, 9.17) is 13.9 Å². The number of nitrogens with one attached hydrogen (secondary N) is 2. The molecule has 0 aromatic heterocycles. The van der Waals surface area contributed by atoms with Crippen molar-refractivity contribution >= 4 is 20.5 Å². The van der Waals surface area contributed by atoms with E-state index in [-0.39, 0.29) is 11.6 Å². The van der Waals surface area contributed by atoms with Crippen LogP contribution in [0.5, 0.6) is 0 Å². The Kier molecular flexibility index (Phi) is 9.78. The van der Waals surface area contributed by atoms with Crippen LogP contribution in [0.4, 0.5) is 9.59 Å². The minimum Gasteiger partial charge on any atom is -0.445 e. The first-order valence-electron chi connectivity index (χ1n) is 11.2. The molecule has 0 aliphatic rings. The fourth-order valence-corrected chi connectivity index (χ4v) is 4.20. The lowest BCUT2D eigenvalue weighted by Gasteiger charge is -2.42. The van der Waals surface area contributed by atoms with Crippen molar-refractivity contribution in [2.75, 3.05) is 0 Å². The molecule has 1 aromatic rings. The highest BCUT2D eigenvalue weighted by atomic mass is 28.4. The van der Waals surface area contributed by atoms with Gasteiger partial charge in [-0.3, -0.25) is 0 Å². The molecule has 182 valence electrons. The van der Waals surface area contributed by atoms with Crippen LogP contribution in [-0.4, -0.2) is 44.3 Å². The van der Waals surface area contributed by atoms with Gasteiger partial charge in [-0.15, -0.1) is 0 Å². The average Bonchev–Trinajstić information content (AvgIpc) is 2.62. The third kappa shape index (κ3) is 9.61. The predicted octanol–water partition coefficient (Wildman–Crippen LogP) is 5.60. The normalized spacial score (nSPS) is 15.3. The maximum atomic E-state index is 12.4. The van der Waals surface area contributed by atoms with Gasteiger partial charge in [-0.05, 0) is 58.3 Å². The number of hydrogen-bond donors (Lipinski definition) is 2. The van der Waals surface area contributed by atoms with E-state index in [2.05, 4.69) is 44.5 Å². The molecule has 0 aliphatic heterocycles. The summed E-state index contributed by atoms with van der Waals surface area (Å²) in [5.41, 5.74) is 0.300. The molecule has 8 heteroatoms. The summed E-state index contributed by atoms with van der Waals surface area (Å²) in [5.74, 6) is 0. The fraction of sp³-hybridized carbons (Fsp3) is 0.667. The molecule has 3 atom stereocenters. The van der Waals surface area contributed by atoms with Crippen LogP contribution in [0.2, 0.25) is 18.1 Å². The lowest BCUT2D eigenvalue weighted by atomic mass is 10.1. The van der Waals surface area contributed by atoms with Crippen molar-refractivity contribution < 1.29 is 23.5 Å². The number of rotatable bonds is 8. The van der Waals surface area contributed by atoms with E-state index in [0.717, 1.165) is 5.56 Å². The van der Waals surface area contributed by atoms with Crippen molar-refractivity contribution in [3.63, 3.8) is 0 Å². The van der Waals surface area contributed by atoms with Crippen LogP contribution in [0.15, 0.2) is 30.3 Å². The Bertz CT molecular complexity index is 741. The molecular weight excluding hydrogens is 424 g/mol. The van der Waals surface area contributed by atoms with Gasteiger partial charge in [0.05, 0.1) is 18.2 Å². The molecule has 0 aliphatic carbocycles. The van der Waals surface area contributed by atoms with Crippen molar-refractivity contribution in [3.8, 4) is 0 Å². The van der Waals surface area contributed by atoms with Crippen LogP contribution >= 0.6 is 0 Å². The number of hydrogen-bond acceptors (Lipinski definition) is 5. The van der Waals surface area contributed by atoms with Gasteiger partial charge < -0.3 is 24.5 Å². The molecular formula is C24H42N2O5Si. The Hall–Kier alpha value is -2.06. The van der Waals surface area contributed by atoms with Gasteiger partial charge in [-0.25, -0.2) is 9.59 Å². The van der Waals surface area contributed by atoms with E-state index in [1.165, 1.54) is 0 Å². The first-order valence-corrected chi connectivity index (χ1v) is 14.1. The number of benzene rings is 1. The van der Waals surface area contributed by atoms with Crippen LogP contribution in [0.3, 0.4) is 0 Å². The van der Waals surface area contributed by atoms with Crippen molar-refractivity contribution in [2.45, 2.75) is 104 Å². The monoisotopic (exact) mass is 466 g/mol. The Labute approximate surface area is 194 Å². The molecule has 0 spiro atoms. The highest BCUT2D eigenvalue weighted by molar-refractivity contribution is 6.74. The summed E-state index contributed by atoms with van der Waals surface area (Å²) in [7, 11) is -2.20. The van der Waals surface area contributed by atoms with Crippen LogP contribution in [0, 0.1) is 0 Å². The van der Waals surface area contributed by atoms with Gasteiger partial charge in [0.15, 0.2) is 8.32 Å². The number of ether oxygens (including phenoxy) is 2. The second-order valence-electron chi connectivity index (χ2n) is 10.8. The van der Waals surface area contributed by atoms with Gasteiger partial charge in [-0.2, -0.15) is 0 Å². The van der Waals surface area contributed by atoms with Crippen molar-refractivity contribution in [2.24, 2.45) is 0 Å². The largest absolute Gasteiger partial charge is 0.445 e. The molecule has 0 bridgehead atoms. The number of amides is 2. The van der Waals surface area contributed by atoms with Crippen molar-refractivity contribution in [1.82, 2.24) is 10.6 Å². The standard InChI is InChI=1S/C24H42N2O5Si/c1-17(25-21(27)29-16-19-14-12-11-13-15-19)20(31-32(9,10)24(6,7)8)18(2)26-22(28)30-23(3,4)5/h11-15,17-18,20H,16H2,1-10H3,(H,25,27)(H,26,28)/t17-,18-,20-/m0/s1. The zero-order valence-corrected chi connectivity index (χ0v) is 22.4. The molecule has 0 radical (unpaired) electrons. The van der Waals surface area contributed by atoms with Crippen LogP contribution in [-0.2, 0) is 20.5 Å². The summed E-state index contributed by atoms with van der Waals surface area (Å²) in [6.07, 6.45) is -1.52. The molecule has 0 saturated heterocycles. The molecule has 0 unspecified atom stereocenters. The molecule has 32 heavy (non-hydrogen) atoms. The zero-order valence-electron chi connectivity index (χ0n) is 21.4. The van der Waals surface area contributed by atoms with E-state index in [1.807, 2.05) is 65.0 Å². The summed E-state index contributed by atoms with van der Waals surface area (Å²) in [4.78, 5) is 24.8. The minimum absolute atomic E-state index is 0.0373. The summed E-state index contributed by atoms with van der Waals surface area (Å²) < 4.78 is 17.4. The molecule has 0 saturated carbocycles. The van der Waals surface area contributed by atoms with Gasteiger partial charge in [0.2, 0.25) is 0 Å². The maximum absolute atomic E-state index is 12.4. The smallest absolute Gasteiger partial charge is 0.407 e. The molecule has 1 rings (SSSR count). The van der Waals surface area contributed by atoms with Gasteiger partial charge in [0.1, 0.15) is 12.2 Å². The first kappa shape index (κ1) is 28.0. The number of carbonyl (C=O) groups is 2. The van der Waals surface area contributed by atoms with Crippen LogP contribution in [0.1, 0.15) is 61.0 Å². The lowest BCUT2D eigenvalue weighted by Crippen LogP contribution is -2.58. The highest BCUT2D eigenvalue weighted by Crippen LogP contribution is 2.38. The summed E-state index contributed by atoms with van der Waals surface area (Å²) >= 11 is 0. The maximum Gasteiger partial charge on any atom is 0.407 e. The fourth-order valence-electron chi connectivity index (χ4n) is 2.76. The minimum atomic E-state index is -2.20. The quantitative estimate of drug-likeness (QED) is 0.487. The molecule has 0 heterocycles. The van der Waals surface area contributed by atoms with E-state index < -0.39 is 44.3 Å². The Morgan fingerprint density at radius 3 is 1.88 bits per heavy atom. The molecule has 7 nitrogen and oxygen atoms in total. The van der Waals surface area contributed by atoms with Crippen LogP contribution in [0.25, 0.3) is 0 Å².